The summed E-state index contributed by atoms with van der Waals surface area (Å²) in [4.78, 5) is 4.93. The summed E-state index contributed by atoms with van der Waals surface area (Å²) in [6.45, 7) is 6.77. The second-order valence-corrected chi connectivity index (χ2v) is 7.91. The molecular formula is C23H27N5. The van der Waals surface area contributed by atoms with Crippen molar-refractivity contribution in [1.82, 2.24) is 20.0 Å². The predicted molar refractivity (Wildman–Crippen MR) is 115 cm³/mol. The Hall–Kier alpha value is -2.63. The average molecular weight is 374 g/mol. The van der Waals surface area contributed by atoms with Gasteiger partial charge < -0.3 is 10.2 Å². The first kappa shape index (κ1) is 17.5. The number of benzene rings is 2. The van der Waals surface area contributed by atoms with Crippen molar-refractivity contribution < 1.29 is 0 Å². The van der Waals surface area contributed by atoms with Crippen LogP contribution in [0.25, 0.3) is 22.5 Å². The molecule has 144 valence electrons. The summed E-state index contributed by atoms with van der Waals surface area (Å²) in [6.07, 6.45) is 0.961. The molecule has 5 rings (SSSR count). The van der Waals surface area contributed by atoms with Crippen molar-refractivity contribution in [2.45, 2.75) is 6.42 Å². The number of rotatable bonds is 5. The molecule has 3 aromatic rings. The fourth-order valence-electron chi connectivity index (χ4n) is 4.28. The predicted octanol–water partition coefficient (Wildman–Crippen LogP) is 3.31. The first-order valence-electron chi connectivity index (χ1n) is 10.2. The molecule has 0 unspecified atom stereocenters. The maximum absolute atomic E-state index is 4.61. The highest BCUT2D eigenvalue weighted by Gasteiger charge is 2.24. The Morgan fingerprint density at radius 3 is 2.61 bits per heavy atom. The third-order valence-electron chi connectivity index (χ3n) is 6.03. The summed E-state index contributed by atoms with van der Waals surface area (Å²) in [5, 5.41) is 11.4. The summed E-state index contributed by atoms with van der Waals surface area (Å²) in [5.74, 6) is 0. The van der Waals surface area contributed by atoms with Gasteiger partial charge >= 0.3 is 0 Å². The van der Waals surface area contributed by atoms with Crippen LogP contribution < -0.4 is 5.32 Å². The number of likely N-dealkylation sites (N-methyl/N-ethyl adjacent to an activating group) is 1. The minimum absolute atomic E-state index is 0.961. The van der Waals surface area contributed by atoms with Crippen LogP contribution in [-0.2, 0) is 6.42 Å². The fourth-order valence-corrected chi connectivity index (χ4v) is 4.28. The van der Waals surface area contributed by atoms with Gasteiger partial charge in [0.2, 0.25) is 0 Å². The number of aromatic amines is 1. The van der Waals surface area contributed by atoms with Crippen LogP contribution >= 0.6 is 0 Å². The van der Waals surface area contributed by atoms with Gasteiger partial charge in [0, 0.05) is 68.1 Å². The summed E-state index contributed by atoms with van der Waals surface area (Å²) in [7, 11) is 2.20. The molecule has 1 aliphatic heterocycles. The van der Waals surface area contributed by atoms with E-state index in [2.05, 4.69) is 80.9 Å². The molecule has 0 atom stereocenters. The Bertz CT molecular complexity index is 951. The monoisotopic (exact) mass is 373 g/mol. The van der Waals surface area contributed by atoms with Crippen LogP contribution in [-0.4, -0.2) is 66.3 Å². The third-order valence-corrected chi connectivity index (χ3v) is 6.03. The lowest BCUT2D eigenvalue weighted by molar-refractivity contribution is 0.158. The van der Waals surface area contributed by atoms with Crippen molar-refractivity contribution >= 4 is 5.69 Å². The smallest absolute Gasteiger partial charge is 0.0962 e. The van der Waals surface area contributed by atoms with Crippen molar-refractivity contribution in [1.29, 1.82) is 0 Å². The molecule has 0 amide bonds. The minimum Gasteiger partial charge on any atom is -0.384 e. The maximum atomic E-state index is 4.61. The molecule has 1 saturated heterocycles. The number of anilines is 1. The molecule has 5 nitrogen and oxygen atoms in total. The molecule has 1 fully saturated rings. The van der Waals surface area contributed by atoms with Crippen molar-refractivity contribution in [3.8, 4) is 22.5 Å². The maximum Gasteiger partial charge on any atom is 0.0962 e. The van der Waals surface area contributed by atoms with E-state index in [4.69, 9.17) is 0 Å². The Balaban J connectivity index is 1.22. The van der Waals surface area contributed by atoms with E-state index >= 15 is 0 Å². The second kappa shape index (κ2) is 7.41. The first-order chi connectivity index (χ1) is 13.8. The highest BCUT2D eigenvalue weighted by molar-refractivity contribution is 5.81. The number of aromatic nitrogens is 2. The number of fused-ring (bicyclic) bond motifs is 3. The van der Waals surface area contributed by atoms with E-state index in [0.29, 0.717) is 0 Å². The third kappa shape index (κ3) is 3.32. The molecule has 28 heavy (non-hydrogen) atoms. The van der Waals surface area contributed by atoms with Gasteiger partial charge in [-0.3, -0.25) is 10.00 Å². The van der Waals surface area contributed by atoms with Gasteiger partial charge in [0.25, 0.3) is 0 Å². The van der Waals surface area contributed by atoms with Crippen molar-refractivity contribution in [2.75, 3.05) is 51.6 Å². The number of piperazine rings is 1. The van der Waals surface area contributed by atoms with Crippen LogP contribution in [0.4, 0.5) is 5.69 Å². The van der Waals surface area contributed by atoms with Gasteiger partial charge in [-0.1, -0.05) is 36.4 Å². The van der Waals surface area contributed by atoms with Gasteiger partial charge in [0.05, 0.1) is 11.4 Å². The van der Waals surface area contributed by atoms with E-state index in [-0.39, 0.29) is 0 Å². The van der Waals surface area contributed by atoms with E-state index < -0.39 is 0 Å². The van der Waals surface area contributed by atoms with Crippen LogP contribution in [0.1, 0.15) is 11.1 Å². The first-order valence-corrected chi connectivity index (χ1v) is 10.2. The fraction of sp³-hybridized carbons (Fsp3) is 0.348. The van der Waals surface area contributed by atoms with E-state index in [1.54, 1.807) is 0 Å². The lowest BCUT2D eigenvalue weighted by atomic mass is 10.1. The highest BCUT2D eigenvalue weighted by Crippen LogP contribution is 2.39. The van der Waals surface area contributed by atoms with Crippen LogP contribution in [0.3, 0.4) is 0 Å². The summed E-state index contributed by atoms with van der Waals surface area (Å²) in [6, 6.07) is 17.3. The molecule has 0 radical (unpaired) electrons. The molecule has 2 aliphatic rings. The van der Waals surface area contributed by atoms with E-state index in [1.807, 2.05) is 0 Å². The molecule has 1 aromatic heterocycles. The molecule has 0 bridgehead atoms. The van der Waals surface area contributed by atoms with Gasteiger partial charge in [-0.15, -0.1) is 0 Å². The largest absolute Gasteiger partial charge is 0.384 e. The zero-order valence-corrected chi connectivity index (χ0v) is 16.4. The molecule has 2 N–H and O–H groups in total. The number of hydrogen-bond acceptors (Lipinski definition) is 4. The zero-order valence-electron chi connectivity index (χ0n) is 16.4. The standard InChI is InChI=1S/C23H27N5/c1-27-12-14-28(15-13-27)11-10-24-19-8-6-17(7-9-19)22-21-16-18-4-2-3-5-20(18)23(21)26-25-22/h2-9,24H,10-16H2,1H3,(H,25,26). The number of nitrogens with one attached hydrogen (secondary N) is 2. The molecule has 0 saturated carbocycles. The van der Waals surface area contributed by atoms with Crippen LogP contribution in [0.5, 0.6) is 0 Å². The van der Waals surface area contributed by atoms with Gasteiger partial charge in [-0.2, -0.15) is 5.10 Å². The summed E-state index contributed by atoms with van der Waals surface area (Å²) < 4.78 is 0. The van der Waals surface area contributed by atoms with Crippen molar-refractivity contribution in [2.24, 2.45) is 0 Å². The lowest BCUT2D eigenvalue weighted by Crippen LogP contribution is -2.45. The molecule has 0 spiro atoms. The van der Waals surface area contributed by atoms with Gasteiger partial charge in [-0.25, -0.2) is 0 Å². The molecular weight excluding hydrogens is 346 g/mol. The van der Waals surface area contributed by atoms with Crippen LogP contribution in [0, 0.1) is 0 Å². The quantitative estimate of drug-likeness (QED) is 0.563. The molecule has 2 aromatic carbocycles. The lowest BCUT2D eigenvalue weighted by Gasteiger charge is -2.32. The zero-order chi connectivity index (χ0) is 18.9. The van der Waals surface area contributed by atoms with Crippen molar-refractivity contribution in [3.63, 3.8) is 0 Å². The second-order valence-electron chi connectivity index (χ2n) is 7.91. The van der Waals surface area contributed by atoms with Gasteiger partial charge in [-0.05, 0) is 24.7 Å². The minimum atomic E-state index is 0.961. The molecule has 2 heterocycles. The number of nitrogens with zero attached hydrogens (tertiary/aromatic N) is 3. The SMILES string of the molecule is CN1CCN(CCNc2ccc(-c3n[nH]c4c3Cc3ccccc3-4)cc2)CC1. The summed E-state index contributed by atoms with van der Waals surface area (Å²) in [5.41, 5.74) is 8.60. The summed E-state index contributed by atoms with van der Waals surface area (Å²) >= 11 is 0. The average Bonchev–Trinajstić information content (AvgIpc) is 3.29. The molecule has 1 aliphatic carbocycles. The van der Waals surface area contributed by atoms with E-state index in [0.717, 1.165) is 25.2 Å². The Morgan fingerprint density at radius 1 is 1.00 bits per heavy atom. The van der Waals surface area contributed by atoms with E-state index in [1.165, 1.54) is 59.8 Å². The Labute approximate surface area is 166 Å². The topological polar surface area (TPSA) is 47.2 Å². The van der Waals surface area contributed by atoms with E-state index in [9.17, 15) is 0 Å². The van der Waals surface area contributed by atoms with Gasteiger partial charge in [0.1, 0.15) is 0 Å². The normalized spacial score (nSPS) is 16.8. The molecule has 5 heteroatoms. The highest BCUT2D eigenvalue weighted by atomic mass is 15.2. The van der Waals surface area contributed by atoms with Crippen LogP contribution in [0.2, 0.25) is 0 Å². The Morgan fingerprint density at radius 2 is 1.79 bits per heavy atom. The number of H-pyrrole nitrogens is 1. The van der Waals surface area contributed by atoms with Gasteiger partial charge in [0.15, 0.2) is 0 Å². The van der Waals surface area contributed by atoms with Crippen LogP contribution in [0.15, 0.2) is 48.5 Å². The van der Waals surface area contributed by atoms with Crippen molar-refractivity contribution in [3.05, 3.63) is 59.7 Å². The Kier molecular flexibility index (Phi) is 4.63. The number of hydrogen-bond donors (Lipinski definition) is 2.